The van der Waals surface area contributed by atoms with Crippen LogP contribution in [0.25, 0.3) is 11.0 Å². The zero-order valence-corrected chi connectivity index (χ0v) is 22.4. The first kappa shape index (κ1) is 26.6. The molecule has 0 bridgehead atoms. The Morgan fingerprint density at radius 2 is 1.59 bits per heavy atom. The van der Waals surface area contributed by atoms with Gasteiger partial charge in [0.15, 0.2) is 28.3 Å². The lowest BCUT2D eigenvalue weighted by atomic mass is 9.99. The van der Waals surface area contributed by atoms with Gasteiger partial charge in [0, 0.05) is 12.3 Å². The van der Waals surface area contributed by atoms with E-state index < -0.39 is 30.7 Å². The molecule has 4 aromatic rings. The largest absolute Gasteiger partial charge is 0.619 e. The third-order valence-electron chi connectivity index (χ3n) is 5.81. The number of sulfonamides is 1. The van der Waals surface area contributed by atoms with Crippen molar-refractivity contribution in [3.8, 4) is 5.88 Å². The number of fused-ring (bicyclic) bond motifs is 1. The van der Waals surface area contributed by atoms with E-state index in [4.69, 9.17) is 16.3 Å². The van der Waals surface area contributed by atoms with Gasteiger partial charge in [0.2, 0.25) is 5.82 Å². The molecule has 10 nitrogen and oxygen atoms in total. The molecule has 0 fully saturated rings. The van der Waals surface area contributed by atoms with Crippen LogP contribution in [0.3, 0.4) is 0 Å². The number of nitrogens with one attached hydrogen (secondary N) is 1. The number of ether oxygens (including phenoxy) is 1. The molecule has 0 radical (unpaired) electrons. The molecule has 1 unspecified atom stereocenters. The number of para-hydroxylation sites is 2. The maximum absolute atomic E-state index is 13.2. The standard InChI is InChI=1S/C24H23ClN4O6S2/c1-24(2,36(3,31)32)21(16-9-8-14-29(30)15-16)35-23-22(26-18-11-5-6-12-19(18)27-23)28-37(33,34)20-13-7-4-10-17(20)25/h4-15,21H,1-3H3,(H,26,28). The number of hydrogen-bond donors (Lipinski definition) is 1. The Hall–Kier alpha value is -3.48. The normalized spacial score (nSPS) is 13.3. The van der Waals surface area contributed by atoms with E-state index in [-0.39, 0.29) is 27.2 Å². The summed E-state index contributed by atoms with van der Waals surface area (Å²) in [7, 11) is -8.01. The first-order valence-electron chi connectivity index (χ1n) is 10.9. The zero-order valence-electron chi connectivity index (χ0n) is 20.0. The zero-order chi connectivity index (χ0) is 27.0. The quantitative estimate of drug-likeness (QED) is 0.253. The van der Waals surface area contributed by atoms with Crippen molar-refractivity contribution in [3.05, 3.63) is 88.9 Å². The van der Waals surface area contributed by atoms with Crippen LogP contribution in [0.2, 0.25) is 5.02 Å². The van der Waals surface area contributed by atoms with Crippen LogP contribution in [0.1, 0.15) is 25.5 Å². The summed E-state index contributed by atoms with van der Waals surface area (Å²) in [6.07, 6.45) is 2.21. The number of benzene rings is 2. The highest BCUT2D eigenvalue weighted by atomic mass is 35.5. The number of hydrogen-bond acceptors (Lipinski definition) is 8. The first-order valence-corrected chi connectivity index (χ1v) is 14.6. The van der Waals surface area contributed by atoms with Gasteiger partial charge in [-0.15, -0.1) is 0 Å². The minimum absolute atomic E-state index is 0.00779. The highest BCUT2D eigenvalue weighted by molar-refractivity contribution is 7.93. The lowest BCUT2D eigenvalue weighted by Gasteiger charge is -2.32. The molecule has 0 saturated heterocycles. The van der Waals surface area contributed by atoms with Crippen molar-refractivity contribution >= 4 is 48.3 Å². The van der Waals surface area contributed by atoms with Crippen molar-refractivity contribution in [2.75, 3.05) is 11.0 Å². The van der Waals surface area contributed by atoms with Gasteiger partial charge in [0.05, 0.1) is 21.6 Å². The predicted molar refractivity (Wildman–Crippen MR) is 139 cm³/mol. The van der Waals surface area contributed by atoms with Gasteiger partial charge in [-0.1, -0.05) is 35.9 Å². The number of pyridine rings is 1. The second-order valence-electron chi connectivity index (χ2n) is 8.77. The lowest BCUT2D eigenvalue weighted by Crippen LogP contribution is -2.42. The van der Waals surface area contributed by atoms with E-state index in [0.717, 1.165) is 6.26 Å². The molecule has 1 atom stereocenters. The van der Waals surface area contributed by atoms with Crippen molar-refractivity contribution in [3.63, 3.8) is 0 Å². The SMILES string of the molecule is CC(C)(C(Oc1nc2ccccc2nc1NS(=O)(=O)c1ccccc1Cl)c1ccc[n+]([O-])c1)S(C)(=O)=O. The average molecular weight is 563 g/mol. The van der Waals surface area contributed by atoms with Gasteiger partial charge in [-0.2, -0.15) is 4.73 Å². The molecule has 1 N–H and O–H groups in total. The predicted octanol–water partition coefficient (Wildman–Crippen LogP) is 3.66. The summed E-state index contributed by atoms with van der Waals surface area (Å²) in [4.78, 5) is 8.63. The minimum atomic E-state index is -4.24. The third-order valence-corrected chi connectivity index (χ3v) is 9.78. The summed E-state index contributed by atoms with van der Waals surface area (Å²) in [5.74, 6) is -0.559. The molecule has 2 aromatic carbocycles. The summed E-state index contributed by atoms with van der Waals surface area (Å²) in [5, 5.41) is 12.0. The van der Waals surface area contributed by atoms with Gasteiger partial charge in [-0.3, -0.25) is 4.72 Å². The van der Waals surface area contributed by atoms with Crippen molar-refractivity contribution in [1.29, 1.82) is 0 Å². The van der Waals surface area contributed by atoms with Gasteiger partial charge in [-0.25, -0.2) is 26.8 Å². The maximum atomic E-state index is 13.2. The highest BCUT2D eigenvalue weighted by Gasteiger charge is 2.43. The molecule has 2 heterocycles. The molecule has 4 rings (SSSR count). The topological polar surface area (TPSA) is 142 Å². The van der Waals surface area contributed by atoms with Crippen LogP contribution in [0.4, 0.5) is 5.82 Å². The molecule has 13 heteroatoms. The van der Waals surface area contributed by atoms with Crippen LogP contribution in [0.5, 0.6) is 5.88 Å². The van der Waals surface area contributed by atoms with E-state index in [1.165, 1.54) is 56.6 Å². The minimum Gasteiger partial charge on any atom is -0.619 e. The van der Waals surface area contributed by atoms with Gasteiger partial charge in [-0.05, 0) is 44.2 Å². The van der Waals surface area contributed by atoms with Crippen LogP contribution < -0.4 is 14.2 Å². The van der Waals surface area contributed by atoms with Crippen molar-refractivity contribution in [2.24, 2.45) is 0 Å². The molecule has 0 spiro atoms. The summed E-state index contributed by atoms with van der Waals surface area (Å²) in [5.41, 5.74) is 0.978. The van der Waals surface area contributed by atoms with E-state index >= 15 is 0 Å². The Kier molecular flexibility index (Phi) is 7.01. The van der Waals surface area contributed by atoms with E-state index in [1.807, 2.05) is 0 Å². The van der Waals surface area contributed by atoms with Gasteiger partial charge in [0.1, 0.15) is 9.64 Å². The lowest BCUT2D eigenvalue weighted by molar-refractivity contribution is -0.606. The molecule has 194 valence electrons. The Morgan fingerprint density at radius 1 is 0.973 bits per heavy atom. The van der Waals surface area contributed by atoms with Crippen molar-refractivity contribution in [1.82, 2.24) is 9.97 Å². The van der Waals surface area contributed by atoms with Gasteiger partial charge < -0.3 is 9.94 Å². The molecule has 0 aliphatic heterocycles. The maximum Gasteiger partial charge on any atom is 0.264 e. The molecule has 0 amide bonds. The summed E-state index contributed by atoms with van der Waals surface area (Å²) in [6.45, 7) is 2.88. The van der Waals surface area contributed by atoms with Crippen LogP contribution in [-0.4, -0.2) is 37.8 Å². The number of aromatic nitrogens is 3. The molecule has 0 aliphatic carbocycles. The Balaban J connectivity index is 1.89. The Bertz CT molecular complexity index is 1690. The molecular formula is C24H23ClN4O6S2. The van der Waals surface area contributed by atoms with E-state index in [9.17, 15) is 22.0 Å². The summed E-state index contributed by atoms with van der Waals surface area (Å²) in [6, 6.07) is 15.5. The van der Waals surface area contributed by atoms with E-state index in [0.29, 0.717) is 15.8 Å². The molecule has 2 aromatic heterocycles. The Labute approximate surface area is 219 Å². The van der Waals surface area contributed by atoms with Crippen LogP contribution >= 0.6 is 11.6 Å². The fourth-order valence-electron chi connectivity index (χ4n) is 3.52. The van der Waals surface area contributed by atoms with Gasteiger partial charge >= 0.3 is 0 Å². The summed E-state index contributed by atoms with van der Waals surface area (Å²) >= 11 is 6.11. The van der Waals surface area contributed by atoms with Crippen molar-refractivity contribution < 1.29 is 26.3 Å². The monoisotopic (exact) mass is 562 g/mol. The van der Waals surface area contributed by atoms with Crippen LogP contribution in [0, 0.1) is 5.21 Å². The second-order valence-corrected chi connectivity index (χ2v) is 13.4. The molecule has 0 aliphatic rings. The molecule has 0 saturated carbocycles. The fourth-order valence-corrected chi connectivity index (χ4v) is 5.62. The number of anilines is 1. The molecular weight excluding hydrogens is 540 g/mol. The van der Waals surface area contributed by atoms with Crippen LogP contribution in [0.15, 0.2) is 78.0 Å². The number of nitrogens with zero attached hydrogens (tertiary/aromatic N) is 3. The smallest absolute Gasteiger partial charge is 0.264 e. The highest BCUT2D eigenvalue weighted by Crippen LogP contribution is 2.38. The third kappa shape index (κ3) is 5.45. The number of sulfone groups is 1. The summed E-state index contributed by atoms with van der Waals surface area (Å²) < 4.78 is 59.4. The van der Waals surface area contributed by atoms with Crippen molar-refractivity contribution in [2.45, 2.75) is 29.6 Å². The van der Waals surface area contributed by atoms with Crippen LogP contribution in [-0.2, 0) is 19.9 Å². The van der Waals surface area contributed by atoms with E-state index in [1.54, 1.807) is 30.3 Å². The number of rotatable bonds is 8. The second kappa shape index (κ2) is 9.77. The molecule has 37 heavy (non-hydrogen) atoms. The average Bonchev–Trinajstić information content (AvgIpc) is 2.81. The van der Waals surface area contributed by atoms with E-state index in [2.05, 4.69) is 14.7 Å². The number of halogens is 1. The fraction of sp³-hybridized carbons (Fsp3) is 0.208. The Morgan fingerprint density at radius 3 is 2.22 bits per heavy atom. The van der Waals surface area contributed by atoms with Gasteiger partial charge in [0.25, 0.3) is 15.9 Å². The first-order chi connectivity index (χ1) is 17.3.